The van der Waals surface area contributed by atoms with Crippen molar-refractivity contribution in [2.24, 2.45) is 0 Å². The van der Waals surface area contributed by atoms with E-state index in [1.54, 1.807) is 4.31 Å². The van der Waals surface area contributed by atoms with Gasteiger partial charge in [-0.25, -0.2) is 16.8 Å². The minimum absolute atomic E-state index is 0.0164. The smallest absolute Gasteiger partial charge is 0.243 e. The Bertz CT molecular complexity index is 782. The quantitative estimate of drug-likeness (QED) is 0.780. The minimum Gasteiger partial charge on any atom is -0.302 e. The fourth-order valence-electron chi connectivity index (χ4n) is 3.57. The van der Waals surface area contributed by atoms with Gasteiger partial charge in [-0.05, 0) is 63.0 Å². The second-order valence-electron chi connectivity index (χ2n) is 6.66. The zero-order chi connectivity index (χ0) is 17.4. The van der Waals surface area contributed by atoms with Crippen LogP contribution >= 0.6 is 0 Å². The Morgan fingerprint density at radius 1 is 0.917 bits per heavy atom. The molecule has 1 aromatic carbocycles. The molecule has 0 amide bonds. The van der Waals surface area contributed by atoms with E-state index in [1.807, 2.05) is 0 Å². The minimum atomic E-state index is -3.58. The van der Waals surface area contributed by atoms with E-state index in [1.165, 1.54) is 37.1 Å². The van der Waals surface area contributed by atoms with Crippen molar-refractivity contribution in [3.63, 3.8) is 0 Å². The fraction of sp³-hybridized carbons (Fsp3) is 0.625. The van der Waals surface area contributed by atoms with Gasteiger partial charge in [0, 0.05) is 25.4 Å². The summed E-state index contributed by atoms with van der Waals surface area (Å²) in [5.74, 6) is 0. The van der Waals surface area contributed by atoms with Gasteiger partial charge in [0.1, 0.15) is 0 Å². The lowest BCUT2D eigenvalue weighted by molar-refractivity contribution is 0.257. The van der Waals surface area contributed by atoms with Gasteiger partial charge < -0.3 is 4.90 Å². The van der Waals surface area contributed by atoms with Gasteiger partial charge in [0.2, 0.25) is 10.0 Å². The number of hydrogen-bond donors (Lipinski definition) is 0. The third-order valence-corrected chi connectivity index (χ3v) is 7.94. The summed E-state index contributed by atoms with van der Waals surface area (Å²) in [6.45, 7) is 3.43. The zero-order valence-corrected chi connectivity index (χ0v) is 15.5. The Morgan fingerprint density at radius 2 is 1.50 bits per heavy atom. The molecule has 0 unspecified atom stereocenters. The molecule has 2 aliphatic rings. The summed E-state index contributed by atoms with van der Waals surface area (Å²) in [6.07, 6.45) is 5.25. The van der Waals surface area contributed by atoms with Gasteiger partial charge in [-0.15, -0.1) is 0 Å². The zero-order valence-electron chi connectivity index (χ0n) is 13.9. The average Bonchev–Trinajstić information content (AvgIpc) is 3.19. The van der Waals surface area contributed by atoms with Gasteiger partial charge in [0.25, 0.3) is 0 Å². The van der Waals surface area contributed by atoms with Crippen LogP contribution in [0.25, 0.3) is 0 Å². The van der Waals surface area contributed by atoms with Gasteiger partial charge in [0.05, 0.1) is 9.79 Å². The van der Waals surface area contributed by atoms with Crippen LogP contribution in [0, 0.1) is 0 Å². The molecule has 6 nitrogen and oxygen atoms in total. The highest BCUT2D eigenvalue weighted by atomic mass is 32.2. The summed E-state index contributed by atoms with van der Waals surface area (Å²) >= 11 is 0. The van der Waals surface area contributed by atoms with Crippen LogP contribution in [-0.4, -0.2) is 64.5 Å². The number of hydrogen-bond acceptors (Lipinski definition) is 5. The molecule has 134 valence electrons. The first-order valence-corrected chi connectivity index (χ1v) is 11.7. The van der Waals surface area contributed by atoms with Gasteiger partial charge in [-0.1, -0.05) is 0 Å². The molecular formula is C16H24N2O4S2. The Morgan fingerprint density at radius 3 is 2.08 bits per heavy atom. The molecule has 0 radical (unpaired) electrons. The highest BCUT2D eigenvalue weighted by Gasteiger charge is 2.36. The van der Waals surface area contributed by atoms with Crippen molar-refractivity contribution in [3.8, 4) is 0 Å². The molecule has 3 rings (SSSR count). The summed E-state index contributed by atoms with van der Waals surface area (Å²) in [7, 11) is -6.91. The molecule has 2 saturated heterocycles. The van der Waals surface area contributed by atoms with E-state index in [2.05, 4.69) is 4.90 Å². The van der Waals surface area contributed by atoms with E-state index in [0.717, 1.165) is 38.7 Å². The topological polar surface area (TPSA) is 74.8 Å². The lowest BCUT2D eigenvalue weighted by Gasteiger charge is -2.27. The van der Waals surface area contributed by atoms with Crippen molar-refractivity contribution < 1.29 is 16.8 Å². The molecule has 2 fully saturated rings. The van der Waals surface area contributed by atoms with Crippen LogP contribution in [0.3, 0.4) is 0 Å². The van der Waals surface area contributed by atoms with Gasteiger partial charge >= 0.3 is 0 Å². The van der Waals surface area contributed by atoms with E-state index < -0.39 is 19.9 Å². The van der Waals surface area contributed by atoms with E-state index >= 15 is 0 Å². The third kappa shape index (κ3) is 3.66. The fourth-order valence-corrected chi connectivity index (χ4v) is 5.88. The van der Waals surface area contributed by atoms with Crippen molar-refractivity contribution in [3.05, 3.63) is 24.3 Å². The van der Waals surface area contributed by atoms with Crippen LogP contribution in [0.15, 0.2) is 34.1 Å². The van der Waals surface area contributed by atoms with Crippen LogP contribution in [0.1, 0.15) is 25.7 Å². The average molecular weight is 373 g/mol. The second-order valence-corrected chi connectivity index (χ2v) is 10.6. The lowest BCUT2D eigenvalue weighted by Crippen LogP contribution is -2.42. The predicted octanol–water partition coefficient (Wildman–Crippen LogP) is 1.34. The maximum Gasteiger partial charge on any atom is 0.243 e. The van der Waals surface area contributed by atoms with Crippen molar-refractivity contribution in [2.75, 3.05) is 32.4 Å². The van der Waals surface area contributed by atoms with E-state index in [-0.39, 0.29) is 15.8 Å². The van der Waals surface area contributed by atoms with Gasteiger partial charge in [-0.2, -0.15) is 4.31 Å². The van der Waals surface area contributed by atoms with Gasteiger partial charge in [-0.3, -0.25) is 0 Å². The standard InChI is InChI=1S/C16H24N2O4S2/c1-23(19,20)15-6-8-16(9-7-15)24(21,22)18-12-4-5-14(18)13-17-10-2-3-11-17/h6-9,14H,2-5,10-13H2,1H3/t14-/m1/s1. The van der Waals surface area contributed by atoms with Crippen LogP contribution in [0.2, 0.25) is 0 Å². The SMILES string of the molecule is CS(=O)(=O)c1ccc(S(=O)(=O)N2CCC[C@@H]2CN2CCCC2)cc1. The van der Waals surface area contributed by atoms with E-state index in [0.29, 0.717) is 6.54 Å². The van der Waals surface area contributed by atoms with Gasteiger partial charge in [0.15, 0.2) is 9.84 Å². The Balaban J connectivity index is 1.80. The molecule has 0 aromatic heterocycles. The maximum absolute atomic E-state index is 12.9. The van der Waals surface area contributed by atoms with Crippen molar-refractivity contribution >= 4 is 19.9 Å². The molecule has 0 saturated carbocycles. The molecule has 1 atom stereocenters. The highest BCUT2D eigenvalue weighted by Crippen LogP contribution is 2.28. The lowest BCUT2D eigenvalue weighted by atomic mass is 10.2. The number of rotatable bonds is 5. The summed E-state index contributed by atoms with van der Waals surface area (Å²) in [5, 5.41) is 0. The number of benzene rings is 1. The van der Waals surface area contributed by atoms with Crippen LogP contribution in [-0.2, 0) is 19.9 Å². The molecule has 24 heavy (non-hydrogen) atoms. The first kappa shape index (κ1) is 17.8. The highest BCUT2D eigenvalue weighted by molar-refractivity contribution is 7.90. The molecule has 0 spiro atoms. The Labute approximate surface area is 144 Å². The number of sulfonamides is 1. The Kier molecular flexibility index (Phi) is 5.01. The molecule has 0 bridgehead atoms. The van der Waals surface area contributed by atoms with E-state index in [4.69, 9.17) is 0 Å². The summed E-state index contributed by atoms with van der Waals surface area (Å²) in [5.41, 5.74) is 0. The number of sulfone groups is 1. The number of nitrogens with zero attached hydrogens (tertiary/aromatic N) is 2. The summed E-state index contributed by atoms with van der Waals surface area (Å²) in [6, 6.07) is 5.55. The maximum atomic E-state index is 12.9. The first-order valence-electron chi connectivity index (χ1n) is 8.33. The van der Waals surface area contributed by atoms with Crippen molar-refractivity contribution in [1.29, 1.82) is 0 Å². The van der Waals surface area contributed by atoms with Crippen molar-refractivity contribution in [2.45, 2.75) is 41.5 Å². The van der Waals surface area contributed by atoms with Crippen molar-refractivity contribution in [1.82, 2.24) is 9.21 Å². The Hall–Kier alpha value is -0.960. The molecule has 1 aromatic rings. The van der Waals surface area contributed by atoms with Crippen LogP contribution in [0.5, 0.6) is 0 Å². The van der Waals surface area contributed by atoms with Crippen LogP contribution in [0.4, 0.5) is 0 Å². The van der Waals surface area contributed by atoms with Crippen LogP contribution < -0.4 is 0 Å². The molecule has 0 aliphatic carbocycles. The normalized spacial score (nSPS) is 23.8. The molecular weight excluding hydrogens is 348 g/mol. The van der Waals surface area contributed by atoms with E-state index in [9.17, 15) is 16.8 Å². The number of likely N-dealkylation sites (tertiary alicyclic amines) is 1. The largest absolute Gasteiger partial charge is 0.302 e. The molecule has 2 aliphatic heterocycles. The predicted molar refractivity (Wildman–Crippen MR) is 92.1 cm³/mol. The third-order valence-electron chi connectivity index (χ3n) is 4.85. The first-order chi connectivity index (χ1) is 11.3. The monoisotopic (exact) mass is 372 g/mol. The molecule has 0 N–H and O–H groups in total. The molecule has 8 heteroatoms. The second kappa shape index (κ2) is 6.74. The molecule has 2 heterocycles. The summed E-state index contributed by atoms with van der Waals surface area (Å²) < 4.78 is 50.5. The summed E-state index contributed by atoms with van der Waals surface area (Å²) in [4.78, 5) is 2.64.